The van der Waals surface area contributed by atoms with E-state index >= 15 is 0 Å². The standard InChI is InChI=1S/C5H14N2P2/c1-5-4-6(8)2-3-7(5)9/h5H,2-4,8-9H2,1H3. The minimum Gasteiger partial charge on any atom is -0.285 e. The first-order valence-corrected chi connectivity index (χ1v) is 4.24. The van der Waals surface area contributed by atoms with Gasteiger partial charge in [-0.2, -0.15) is 0 Å². The van der Waals surface area contributed by atoms with E-state index in [-0.39, 0.29) is 0 Å². The van der Waals surface area contributed by atoms with Crippen molar-refractivity contribution < 1.29 is 0 Å². The van der Waals surface area contributed by atoms with E-state index in [1.54, 1.807) is 0 Å². The van der Waals surface area contributed by atoms with Crippen molar-refractivity contribution in [3.63, 3.8) is 0 Å². The van der Waals surface area contributed by atoms with Crippen LogP contribution in [-0.4, -0.2) is 35.0 Å². The van der Waals surface area contributed by atoms with E-state index in [1.165, 1.54) is 6.54 Å². The molecule has 0 aromatic heterocycles. The van der Waals surface area contributed by atoms with Gasteiger partial charge in [-0.3, -0.25) is 9.34 Å². The molecular formula is C5H14N2P2. The van der Waals surface area contributed by atoms with Crippen LogP contribution in [0.1, 0.15) is 6.92 Å². The lowest BCUT2D eigenvalue weighted by atomic mass is 10.3. The molecule has 0 saturated carbocycles. The second kappa shape index (κ2) is 3.25. The summed E-state index contributed by atoms with van der Waals surface area (Å²) in [5.41, 5.74) is 0. The van der Waals surface area contributed by atoms with Crippen molar-refractivity contribution in [3.8, 4) is 0 Å². The van der Waals surface area contributed by atoms with Crippen LogP contribution >= 0.6 is 18.8 Å². The van der Waals surface area contributed by atoms with Gasteiger partial charge in [-0.25, -0.2) is 0 Å². The van der Waals surface area contributed by atoms with Gasteiger partial charge < -0.3 is 0 Å². The fraction of sp³-hybridized carbons (Fsp3) is 1.00. The number of nitrogens with zero attached hydrogens (tertiary/aromatic N) is 2. The Morgan fingerprint density at radius 3 is 2.44 bits per heavy atom. The molecule has 0 aromatic carbocycles. The molecule has 1 aliphatic rings. The van der Waals surface area contributed by atoms with Crippen LogP contribution in [-0.2, 0) is 0 Å². The van der Waals surface area contributed by atoms with Crippen molar-refractivity contribution in [1.82, 2.24) is 9.34 Å². The van der Waals surface area contributed by atoms with Gasteiger partial charge in [0, 0.05) is 25.7 Å². The maximum absolute atomic E-state index is 2.76. The highest BCUT2D eigenvalue weighted by Gasteiger charge is 2.17. The van der Waals surface area contributed by atoms with Crippen molar-refractivity contribution in [2.75, 3.05) is 19.6 Å². The fourth-order valence-electron chi connectivity index (χ4n) is 1.000. The Bertz CT molecular complexity index is 99.0. The molecule has 2 nitrogen and oxygen atoms in total. The second-order valence-corrected chi connectivity index (χ2v) is 3.98. The van der Waals surface area contributed by atoms with Crippen LogP contribution in [0.3, 0.4) is 0 Å². The number of rotatable bonds is 0. The third kappa shape index (κ3) is 2.13. The molecule has 9 heavy (non-hydrogen) atoms. The summed E-state index contributed by atoms with van der Waals surface area (Å²) in [6.45, 7) is 5.73. The van der Waals surface area contributed by atoms with Gasteiger partial charge in [-0.1, -0.05) is 18.8 Å². The van der Waals surface area contributed by atoms with Crippen molar-refractivity contribution in [2.24, 2.45) is 0 Å². The zero-order valence-electron chi connectivity index (χ0n) is 5.75. The molecule has 54 valence electrons. The molecule has 1 rings (SSSR count). The monoisotopic (exact) mass is 164 g/mol. The van der Waals surface area contributed by atoms with E-state index in [0.717, 1.165) is 13.1 Å². The highest BCUT2D eigenvalue weighted by molar-refractivity contribution is 7.14. The topological polar surface area (TPSA) is 6.48 Å². The average Bonchev–Trinajstić information content (AvgIpc) is 1.80. The van der Waals surface area contributed by atoms with E-state index < -0.39 is 0 Å². The molecule has 0 amide bonds. The van der Waals surface area contributed by atoms with Gasteiger partial charge in [0.25, 0.3) is 0 Å². The first-order chi connectivity index (χ1) is 4.20. The summed E-state index contributed by atoms with van der Waals surface area (Å²) in [6, 6.07) is 0.682. The van der Waals surface area contributed by atoms with Gasteiger partial charge in [-0.05, 0) is 6.92 Å². The Balaban J connectivity index is 2.35. The van der Waals surface area contributed by atoms with Gasteiger partial charge in [0.2, 0.25) is 0 Å². The molecule has 0 spiro atoms. The van der Waals surface area contributed by atoms with Gasteiger partial charge in [0.05, 0.1) is 0 Å². The average molecular weight is 164 g/mol. The van der Waals surface area contributed by atoms with E-state index in [1.807, 2.05) is 0 Å². The maximum Gasteiger partial charge on any atom is 0.0232 e. The lowest BCUT2D eigenvalue weighted by molar-refractivity contribution is 0.238. The molecule has 0 aromatic rings. The summed E-state index contributed by atoms with van der Waals surface area (Å²) >= 11 is 0. The van der Waals surface area contributed by atoms with Gasteiger partial charge >= 0.3 is 0 Å². The van der Waals surface area contributed by atoms with Crippen LogP contribution in [0.4, 0.5) is 0 Å². The highest BCUT2D eigenvalue weighted by atomic mass is 31.0. The van der Waals surface area contributed by atoms with E-state index in [9.17, 15) is 0 Å². The normalized spacial score (nSPS) is 33.0. The number of hydrogen-bond donors (Lipinski definition) is 0. The van der Waals surface area contributed by atoms with Crippen molar-refractivity contribution in [2.45, 2.75) is 13.0 Å². The molecule has 3 atom stereocenters. The van der Waals surface area contributed by atoms with Crippen molar-refractivity contribution in [1.29, 1.82) is 0 Å². The van der Waals surface area contributed by atoms with Crippen LogP contribution in [0.15, 0.2) is 0 Å². The summed E-state index contributed by atoms with van der Waals surface area (Å²) in [5, 5.41) is 0. The Kier molecular flexibility index (Phi) is 2.85. The Morgan fingerprint density at radius 1 is 1.33 bits per heavy atom. The first kappa shape index (κ1) is 7.88. The zero-order valence-corrected chi connectivity index (χ0v) is 8.06. The predicted molar refractivity (Wildman–Crippen MR) is 47.2 cm³/mol. The number of hydrogen-bond acceptors (Lipinski definition) is 2. The molecule has 0 radical (unpaired) electrons. The molecule has 3 unspecified atom stereocenters. The van der Waals surface area contributed by atoms with Crippen LogP contribution in [0.25, 0.3) is 0 Å². The van der Waals surface area contributed by atoms with Crippen LogP contribution in [0.5, 0.6) is 0 Å². The third-order valence-corrected chi connectivity index (χ3v) is 2.95. The van der Waals surface area contributed by atoms with Crippen LogP contribution < -0.4 is 0 Å². The summed E-state index contributed by atoms with van der Waals surface area (Å²) in [6.07, 6.45) is 0. The molecule has 1 aliphatic heterocycles. The van der Waals surface area contributed by atoms with E-state index in [4.69, 9.17) is 0 Å². The molecule has 1 saturated heterocycles. The summed E-state index contributed by atoms with van der Waals surface area (Å²) in [7, 11) is 5.50. The van der Waals surface area contributed by atoms with Gasteiger partial charge in [0.15, 0.2) is 0 Å². The summed E-state index contributed by atoms with van der Waals surface area (Å²) < 4.78 is 4.59. The number of piperazine rings is 1. The Hall–Kier alpha value is 0.780. The lowest BCUT2D eigenvalue weighted by Crippen LogP contribution is -2.43. The van der Waals surface area contributed by atoms with Crippen LogP contribution in [0, 0.1) is 0 Å². The smallest absolute Gasteiger partial charge is 0.0232 e. The van der Waals surface area contributed by atoms with Crippen molar-refractivity contribution in [3.05, 3.63) is 0 Å². The van der Waals surface area contributed by atoms with Crippen LogP contribution in [0.2, 0.25) is 0 Å². The quantitative estimate of drug-likeness (QED) is 0.483. The van der Waals surface area contributed by atoms with Crippen molar-refractivity contribution >= 4 is 18.8 Å². The van der Waals surface area contributed by atoms with Gasteiger partial charge in [-0.15, -0.1) is 0 Å². The minimum absolute atomic E-state index is 0.682. The Labute approximate surface area is 61.5 Å². The fourth-order valence-corrected chi connectivity index (χ4v) is 1.63. The SMILES string of the molecule is CC1CN(P)CCN1P. The van der Waals surface area contributed by atoms with E-state index in [0.29, 0.717) is 6.04 Å². The largest absolute Gasteiger partial charge is 0.285 e. The summed E-state index contributed by atoms with van der Waals surface area (Å²) in [4.78, 5) is 0. The highest BCUT2D eigenvalue weighted by Crippen LogP contribution is 2.15. The molecule has 1 heterocycles. The molecule has 0 N–H and O–H groups in total. The molecular weight excluding hydrogens is 150 g/mol. The molecule has 4 heteroatoms. The third-order valence-electron chi connectivity index (χ3n) is 1.71. The molecule has 0 aliphatic carbocycles. The molecule has 1 fully saturated rings. The minimum atomic E-state index is 0.682. The predicted octanol–water partition coefficient (Wildman–Crippen LogP) is 0.573. The zero-order chi connectivity index (χ0) is 6.85. The lowest BCUT2D eigenvalue weighted by Gasteiger charge is -2.34. The van der Waals surface area contributed by atoms with Gasteiger partial charge in [0.1, 0.15) is 0 Å². The second-order valence-electron chi connectivity index (χ2n) is 2.58. The first-order valence-electron chi connectivity index (χ1n) is 3.21. The van der Waals surface area contributed by atoms with E-state index in [2.05, 4.69) is 35.0 Å². The maximum atomic E-state index is 2.76. The summed E-state index contributed by atoms with van der Waals surface area (Å²) in [5.74, 6) is 0. The Morgan fingerprint density at radius 2 is 2.00 bits per heavy atom. The molecule has 0 bridgehead atoms.